The number of carbonyl (C=O) groups excluding carboxylic acids is 1. The van der Waals surface area contributed by atoms with E-state index in [1.54, 1.807) is 21.7 Å². The molecule has 1 aromatic heterocycles. The Hall–Kier alpha value is -2.19. The number of amides is 1. The van der Waals surface area contributed by atoms with E-state index in [9.17, 15) is 13.2 Å². The molecular weight excluding hydrogens is 352 g/mol. The minimum absolute atomic E-state index is 0.0392. The molecule has 2 aromatic rings. The maximum atomic E-state index is 12.7. The molecule has 1 saturated heterocycles. The molecule has 1 amide bonds. The fourth-order valence-electron chi connectivity index (χ4n) is 3.25. The molecule has 0 atom stereocenters. The van der Waals surface area contributed by atoms with E-state index < -0.39 is 10.0 Å². The zero-order valence-corrected chi connectivity index (χ0v) is 15.3. The lowest BCUT2D eigenvalue weighted by molar-refractivity contribution is 0.0698. The quantitative estimate of drug-likeness (QED) is 0.788. The number of imidazole rings is 1. The van der Waals surface area contributed by atoms with E-state index in [0.29, 0.717) is 38.3 Å². The molecule has 0 radical (unpaired) electrons. The third-order valence-corrected chi connectivity index (χ3v) is 7.36. The van der Waals surface area contributed by atoms with Crippen LogP contribution in [0.25, 0.3) is 0 Å². The summed E-state index contributed by atoms with van der Waals surface area (Å²) in [5, 5.41) is -0.187. The van der Waals surface area contributed by atoms with Crippen LogP contribution in [0.3, 0.4) is 0 Å². The Kier molecular flexibility index (Phi) is 4.54. The van der Waals surface area contributed by atoms with Crippen LogP contribution in [0, 0.1) is 0 Å². The van der Waals surface area contributed by atoms with Gasteiger partial charge in [-0.05, 0) is 30.5 Å². The Bertz CT molecular complexity index is 866. The van der Waals surface area contributed by atoms with Gasteiger partial charge in [-0.25, -0.2) is 13.4 Å². The van der Waals surface area contributed by atoms with Gasteiger partial charge in [0.15, 0.2) is 0 Å². The number of aromatic nitrogens is 2. The first kappa shape index (κ1) is 17.2. The third-order valence-electron chi connectivity index (χ3n) is 4.96. The van der Waals surface area contributed by atoms with Crippen molar-refractivity contribution in [3.05, 3.63) is 54.1 Å². The smallest absolute Gasteiger partial charge is 0.253 e. The van der Waals surface area contributed by atoms with E-state index in [4.69, 9.17) is 0 Å². The predicted octanol–water partition coefficient (Wildman–Crippen LogP) is 1.18. The van der Waals surface area contributed by atoms with Crippen LogP contribution < -0.4 is 0 Å². The van der Waals surface area contributed by atoms with Crippen LogP contribution in [0.15, 0.2) is 43.0 Å². The van der Waals surface area contributed by atoms with E-state index in [-0.39, 0.29) is 11.2 Å². The van der Waals surface area contributed by atoms with E-state index in [1.807, 2.05) is 35.0 Å². The highest BCUT2D eigenvalue weighted by molar-refractivity contribution is 7.90. The number of nitrogens with zero attached hydrogens (tertiary/aromatic N) is 4. The number of carbonyl (C=O) groups is 1. The van der Waals surface area contributed by atoms with E-state index >= 15 is 0 Å². The molecule has 26 heavy (non-hydrogen) atoms. The van der Waals surface area contributed by atoms with Gasteiger partial charge in [-0.1, -0.05) is 12.1 Å². The summed E-state index contributed by atoms with van der Waals surface area (Å²) >= 11 is 0. The lowest BCUT2D eigenvalue weighted by Crippen LogP contribution is -2.51. The van der Waals surface area contributed by atoms with E-state index in [1.165, 1.54) is 0 Å². The molecule has 138 valence electrons. The molecule has 2 fully saturated rings. The number of benzene rings is 1. The molecule has 0 spiro atoms. The Morgan fingerprint density at radius 2 is 1.77 bits per heavy atom. The van der Waals surface area contributed by atoms with E-state index in [2.05, 4.69) is 4.98 Å². The van der Waals surface area contributed by atoms with Crippen molar-refractivity contribution in [2.75, 3.05) is 26.2 Å². The van der Waals surface area contributed by atoms with E-state index in [0.717, 1.165) is 18.4 Å². The van der Waals surface area contributed by atoms with Gasteiger partial charge in [0, 0.05) is 50.7 Å². The minimum atomic E-state index is -3.15. The molecule has 1 aromatic carbocycles. The summed E-state index contributed by atoms with van der Waals surface area (Å²) in [6, 6.07) is 7.56. The third kappa shape index (κ3) is 3.52. The first-order valence-corrected chi connectivity index (χ1v) is 10.4. The van der Waals surface area contributed by atoms with Crippen LogP contribution in [-0.2, 0) is 16.6 Å². The van der Waals surface area contributed by atoms with Crippen molar-refractivity contribution in [1.29, 1.82) is 0 Å². The Balaban J connectivity index is 1.36. The monoisotopic (exact) mass is 374 g/mol. The number of sulfonamides is 1. The van der Waals surface area contributed by atoms with Gasteiger partial charge in [0.2, 0.25) is 10.0 Å². The fourth-order valence-corrected chi connectivity index (χ4v) is 5.07. The predicted molar refractivity (Wildman–Crippen MR) is 97.2 cm³/mol. The number of hydrogen-bond acceptors (Lipinski definition) is 4. The second-order valence-electron chi connectivity index (χ2n) is 6.87. The van der Waals surface area contributed by atoms with Crippen molar-refractivity contribution in [2.24, 2.45) is 0 Å². The molecule has 8 heteroatoms. The van der Waals surface area contributed by atoms with Crippen molar-refractivity contribution in [3.63, 3.8) is 0 Å². The maximum Gasteiger partial charge on any atom is 0.253 e. The average Bonchev–Trinajstić information content (AvgIpc) is 3.41. The second-order valence-corrected chi connectivity index (χ2v) is 9.08. The summed E-state index contributed by atoms with van der Waals surface area (Å²) in [6.45, 7) is 2.39. The van der Waals surface area contributed by atoms with Crippen molar-refractivity contribution < 1.29 is 13.2 Å². The topological polar surface area (TPSA) is 75.5 Å². The number of hydrogen-bond donors (Lipinski definition) is 0. The zero-order chi connectivity index (χ0) is 18.1. The Morgan fingerprint density at radius 3 is 2.35 bits per heavy atom. The van der Waals surface area contributed by atoms with Crippen molar-refractivity contribution in [1.82, 2.24) is 18.8 Å². The highest BCUT2D eigenvalue weighted by Crippen LogP contribution is 2.31. The van der Waals surface area contributed by atoms with Gasteiger partial charge < -0.3 is 9.47 Å². The standard InChI is InChI=1S/C18H22N4O3S/c23-18(16-3-1-15(2-4-16)13-20-8-7-19-14-20)21-9-11-22(12-10-21)26(24,25)17-5-6-17/h1-4,7-8,14,17H,5-6,9-13H2. The van der Waals surface area contributed by atoms with Gasteiger partial charge in [0.25, 0.3) is 5.91 Å². The second kappa shape index (κ2) is 6.85. The zero-order valence-electron chi connectivity index (χ0n) is 14.5. The van der Waals surface area contributed by atoms with Crippen LogP contribution in [0.5, 0.6) is 0 Å². The fraction of sp³-hybridized carbons (Fsp3) is 0.444. The normalized spacial score (nSPS) is 18.8. The number of piperazine rings is 1. The van der Waals surface area contributed by atoms with Crippen LogP contribution in [-0.4, -0.2) is 64.5 Å². The van der Waals surface area contributed by atoms with Gasteiger partial charge in [0.05, 0.1) is 11.6 Å². The first-order valence-electron chi connectivity index (χ1n) is 8.87. The SMILES string of the molecule is O=C(c1ccc(Cn2ccnc2)cc1)N1CCN(S(=O)(=O)C2CC2)CC1. The molecule has 7 nitrogen and oxygen atoms in total. The van der Waals surface area contributed by atoms with Gasteiger partial charge in [-0.3, -0.25) is 4.79 Å². The largest absolute Gasteiger partial charge is 0.336 e. The molecule has 4 rings (SSSR count). The van der Waals surface area contributed by atoms with Gasteiger partial charge in [-0.2, -0.15) is 4.31 Å². The molecule has 0 bridgehead atoms. The molecule has 2 aliphatic rings. The van der Waals surface area contributed by atoms with Crippen molar-refractivity contribution in [3.8, 4) is 0 Å². The van der Waals surface area contributed by atoms with Gasteiger partial charge in [0.1, 0.15) is 0 Å². The molecule has 1 aliphatic carbocycles. The van der Waals surface area contributed by atoms with Crippen LogP contribution >= 0.6 is 0 Å². The summed E-state index contributed by atoms with van der Waals surface area (Å²) in [5.41, 5.74) is 1.73. The number of rotatable bonds is 5. The van der Waals surface area contributed by atoms with Crippen molar-refractivity contribution >= 4 is 15.9 Å². The Morgan fingerprint density at radius 1 is 1.08 bits per heavy atom. The highest BCUT2D eigenvalue weighted by atomic mass is 32.2. The molecule has 2 heterocycles. The maximum absolute atomic E-state index is 12.7. The lowest BCUT2D eigenvalue weighted by atomic mass is 10.1. The van der Waals surface area contributed by atoms with Crippen LogP contribution in [0.1, 0.15) is 28.8 Å². The molecule has 1 aliphatic heterocycles. The molecule has 1 saturated carbocycles. The average molecular weight is 374 g/mol. The summed E-state index contributed by atoms with van der Waals surface area (Å²) in [7, 11) is -3.15. The summed E-state index contributed by atoms with van der Waals surface area (Å²) in [4.78, 5) is 18.4. The molecule has 0 N–H and O–H groups in total. The molecule has 0 unspecified atom stereocenters. The van der Waals surface area contributed by atoms with Gasteiger partial charge in [-0.15, -0.1) is 0 Å². The van der Waals surface area contributed by atoms with Crippen LogP contribution in [0.2, 0.25) is 0 Å². The first-order chi connectivity index (χ1) is 12.5. The van der Waals surface area contributed by atoms with Gasteiger partial charge >= 0.3 is 0 Å². The highest BCUT2D eigenvalue weighted by Gasteiger charge is 2.41. The molecular formula is C18H22N4O3S. The van der Waals surface area contributed by atoms with Crippen molar-refractivity contribution in [2.45, 2.75) is 24.6 Å². The van der Waals surface area contributed by atoms with Crippen LogP contribution in [0.4, 0.5) is 0 Å². The lowest BCUT2D eigenvalue weighted by Gasteiger charge is -2.34. The Labute approximate surface area is 153 Å². The summed E-state index contributed by atoms with van der Waals surface area (Å²) < 4.78 is 28.1. The minimum Gasteiger partial charge on any atom is -0.336 e. The summed E-state index contributed by atoms with van der Waals surface area (Å²) in [6.07, 6.45) is 6.93. The summed E-state index contributed by atoms with van der Waals surface area (Å²) in [5.74, 6) is -0.0392.